The molecule has 140 valence electrons. The number of carbonyl (C=O) groups is 1. The number of aryl methyl sites for hydroxylation is 1. The van der Waals surface area contributed by atoms with Gasteiger partial charge in [0.05, 0.1) is 5.56 Å². The van der Waals surface area contributed by atoms with Crippen molar-refractivity contribution in [2.75, 3.05) is 18.4 Å². The minimum Gasteiger partial charge on any atom is -0.317 e. The number of hydrogen-bond donors (Lipinski definition) is 1. The molecule has 0 saturated carbocycles. The Labute approximate surface area is 162 Å². The van der Waals surface area contributed by atoms with E-state index in [9.17, 15) is 14.4 Å². The smallest absolute Gasteiger partial charge is 0.226 e. The first-order valence-electron chi connectivity index (χ1n) is 9.43. The van der Waals surface area contributed by atoms with Crippen LogP contribution in [0.3, 0.4) is 0 Å². The summed E-state index contributed by atoms with van der Waals surface area (Å²) in [5.74, 6) is -0.279. The molecule has 4 rings (SSSR count). The Morgan fingerprint density at radius 3 is 3.07 bits per heavy atom. The first-order chi connectivity index (χ1) is 13.1. The molecule has 2 heterocycles. The molecule has 0 spiro atoms. The lowest BCUT2D eigenvalue weighted by Crippen LogP contribution is -2.36. The van der Waals surface area contributed by atoms with E-state index >= 15 is 0 Å². The highest BCUT2D eigenvalue weighted by Gasteiger charge is 2.26. The van der Waals surface area contributed by atoms with Gasteiger partial charge in [-0.3, -0.25) is 9.69 Å². The normalized spacial score (nSPS) is 18.6. The molecule has 0 bridgehead atoms. The first kappa shape index (κ1) is 18.1. The quantitative estimate of drug-likeness (QED) is 0.861. The minimum absolute atomic E-state index is 0.0661. The summed E-state index contributed by atoms with van der Waals surface area (Å²) in [4.78, 5) is 15.9. The molecule has 0 saturated heterocycles. The van der Waals surface area contributed by atoms with Crippen LogP contribution in [0.25, 0.3) is 0 Å². The zero-order valence-corrected chi connectivity index (χ0v) is 16.2. The van der Waals surface area contributed by atoms with Crippen molar-refractivity contribution in [3.8, 4) is 6.07 Å². The lowest BCUT2D eigenvalue weighted by molar-refractivity contribution is -0.116. The summed E-state index contributed by atoms with van der Waals surface area (Å²) < 4.78 is 13.6. The Kier molecular flexibility index (Phi) is 4.98. The maximum Gasteiger partial charge on any atom is 0.226 e. The summed E-state index contributed by atoms with van der Waals surface area (Å²) in [6, 6.07) is 7.34. The van der Waals surface area contributed by atoms with E-state index < -0.39 is 0 Å². The van der Waals surface area contributed by atoms with Gasteiger partial charge in [-0.05, 0) is 61.4 Å². The fourth-order valence-corrected chi connectivity index (χ4v) is 5.44. The van der Waals surface area contributed by atoms with Crippen molar-refractivity contribution in [3.05, 3.63) is 51.1 Å². The summed E-state index contributed by atoms with van der Waals surface area (Å²) in [7, 11) is 0. The van der Waals surface area contributed by atoms with Crippen LogP contribution in [0.4, 0.5) is 9.39 Å². The zero-order valence-electron chi connectivity index (χ0n) is 15.3. The van der Waals surface area contributed by atoms with Crippen LogP contribution in [0, 0.1) is 17.1 Å². The molecule has 1 atom stereocenters. The molecule has 4 nitrogen and oxygen atoms in total. The van der Waals surface area contributed by atoms with Crippen molar-refractivity contribution in [3.63, 3.8) is 0 Å². The number of benzene rings is 1. The molecule has 27 heavy (non-hydrogen) atoms. The average Bonchev–Trinajstić information content (AvgIpc) is 3.22. The number of fused-ring (bicyclic) bond motifs is 2. The fourth-order valence-electron chi connectivity index (χ4n) is 4.19. The number of rotatable bonds is 4. The number of carbonyl (C=O) groups excluding carboxylic acids is 1. The zero-order chi connectivity index (χ0) is 19.0. The van der Waals surface area contributed by atoms with Gasteiger partial charge in [0.1, 0.15) is 16.9 Å². The number of thiophene rings is 1. The third kappa shape index (κ3) is 3.50. The van der Waals surface area contributed by atoms with Crippen LogP contribution >= 0.6 is 11.3 Å². The molecular weight excluding hydrogens is 361 g/mol. The van der Waals surface area contributed by atoms with Gasteiger partial charge in [-0.2, -0.15) is 5.26 Å². The van der Waals surface area contributed by atoms with E-state index in [1.165, 1.54) is 16.5 Å². The number of amides is 1. The van der Waals surface area contributed by atoms with Crippen molar-refractivity contribution in [1.82, 2.24) is 4.90 Å². The molecule has 6 heteroatoms. The van der Waals surface area contributed by atoms with Gasteiger partial charge in [-0.1, -0.05) is 6.07 Å². The molecule has 1 aromatic carbocycles. The number of hydrogen-bond acceptors (Lipinski definition) is 4. The van der Waals surface area contributed by atoms with E-state index in [1.54, 1.807) is 17.4 Å². The Morgan fingerprint density at radius 2 is 2.26 bits per heavy atom. The highest BCUT2D eigenvalue weighted by Crippen LogP contribution is 2.38. The van der Waals surface area contributed by atoms with Crippen molar-refractivity contribution >= 4 is 22.2 Å². The third-order valence-electron chi connectivity index (χ3n) is 5.69. The first-order valence-corrected chi connectivity index (χ1v) is 10.3. The van der Waals surface area contributed by atoms with Gasteiger partial charge in [-0.15, -0.1) is 11.3 Å². The second-order valence-corrected chi connectivity index (χ2v) is 8.38. The summed E-state index contributed by atoms with van der Waals surface area (Å²) in [5, 5.41) is 13.1. The van der Waals surface area contributed by atoms with Crippen LogP contribution in [0.2, 0.25) is 0 Å². The summed E-state index contributed by atoms with van der Waals surface area (Å²) in [6.45, 7) is 3.55. The highest BCUT2D eigenvalue weighted by molar-refractivity contribution is 7.16. The van der Waals surface area contributed by atoms with Gasteiger partial charge in [0, 0.05) is 30.4 Å². The standard InChI is InChI=1S/C21H22FN3OS/c1-13-17-11-15(22)6-5-14(17)7-9-25(13)10-8-20(26)24-21-18(12-23)16-3-2-4-19(16)27-21/h5-6,11,13H,2-4,7-10H2,1H3,(H,24,26). The van der Waals surface area contributed by atoms with Gasteiger partial charge >= 0.3 is 0 Å². The summed E-state index contributed by atoms with van der Waals surface area (Å²) >= 11 is 1.55. The summed E-state index contributed by atoms with van der Waals surface area (Å²) in [6.07, 6.45) is 4.27. The van der Waals surface area contributed by atoms with Gasteiger partial charge in [0.25, 0.3) is 0 Å². The Balaban J connectivity index is 1.38. The van der Waals surface area contributed by atoms with E-state index in [2.05, 4.69) is 23.2 Å². The maximum absolute atomic E-state index is 13.6. The van der Waals surface area contributed by atoms with Crippen LogP contribution in [0.15, 0.2) is 18.2 Å². The number of anilines is 1. The SMILES string of the molecule is CC1c2cc(F)ccc2CCN1CCC(=O)Nc1sc2c(c1C#N)CCC2. The van der Waals surface area contributed by atoms with Crippen molar-refractivity contribution in [2.45, 2.75) is 45.1 Å². The Bertz CT molecular complexity index is 930. The molecular formula is C21H22FN3OS. The Hall–Kier alpha value is -2.23. The molecule has 1 unspecified atom stereocenters. The predicted molar refractivity (Wildman–Crippen MR) is 104 cm³/mol. The second-order valence-electron chi connectivity index (χ2n) is 7.28. The van der Waals surface area contributed by atoms with Gasteiger partial charge in [0.15, 0.2) is 0 Å². The highest BCUT2D eigenvalue weighted by atomic mass is 32.1. The predicted octanol–water partition coefficient (Wildman–Crippen LogP) is 4.20. The average molecular weight is 383 g/mol. The van der Waals surface area contributed by atoms with Crippen LogP contribution in [0.5, 0.6) is 0 Å². The lowest BCUT2D eigenvalue weighted by Gasteiger charge is -2.35. The minimum atomic E-state index is -0.213. The van der Waals surface area contributed by atoms with E-state index in [-0.39, 0.29) is 17.8 Å². The lowest BCUT2D eigenvalue weighted by atomic mass is 9.93. The van der Waals surface area contributed by atoms with E-state index in [0.29, 0.717) is 23.5 Å². The van der Waals surface area contributed by atoms with Crippen LogP contribution in [-0.4, -0.2) is 23.9 Å². The molecule has 0 fully saturated rings. The molecule has 0 radical (unpaired) electrons. The summed E-state index contributed by atoms with van der Waals surface area (Å²) in [5.41, 5.74) is 3.98. The monoisotopic (exact) mass is 383 g/mol. The topological polar surface area (TPSA) is 56.1 Å². The Morgan fingerprint density at radius 1 is 1.41 bits per heavy atom. The second kappa shape index (κ2) is 7.41. The van der Waals surface area contributed by atoms with E-state index in [1.807, 2.05) is 6.07 Å². The van der Waals surface area contributed by atoms with E-state index in [0.717, 1.165) is 43.4 Å². The van der Waals surface area contributed by atoms with E-state index in [4.69, 9.17) is 0 Å². The number of nitriles is 1. The van der Waals surface area contributed by atoms with Crippen molar-refractivity contribution in [2.24, 2.45) is 0 Å². The number of halogens is 1. The molecule has 2 aliphatic rings. The largest absolute Gasteiger partial charge is 0.317 e. The number of nitrogens with zero attached hydrogens (tertiary/aromatic N) is 2. The van der Waals surface area contributed by atoms with Gasteiger partial charge in [-0.25, -0.2) is 4.39 Å². The van der Waals surface area contributed by atoms with Crippen LogP contribution in [-0.2, 0) is 24.1 Å². The molecule has 1 aromatic heterocycles. The van der Waals surface area contributed by atoms with Gasteiger partial charge in [0.2, 0.25) is 5.91 Å². The fraction of sp³-hybridized carbons (Fsp3) is 0.429. The molecule has 2 aromatic rings. The third-order valence-corrected chi connectivity index (χ3v) is 6.89. The van der Waals surface area contributed by atoms with Gasteiger partial charge < -0.3 is 5.32 Å². The van der Waals surface area contributed by atoms with Crippen molar-refractivity contribution < 1.29 is 9.18 Å². The molecule has 1 N–H and O–H groups in total. The van der Waals surface area contributed by atoms with Crippen molar-refractivity contribution in [1.29, 1.82) is 5.26 Å². The molecule has 1 amide bonds. The molecule has 1 aliphatic heterocycles. The number of nitrogens with one attached hydrogen (secondary N) is 1. The van der Waals surface area contributed by atoms with Crippen LogP contribution in [0.1, 0.15) is 52.9 Å². The maximum atomic E-state index is 13.6. The van der Waals surface area contributed by atoms with Crippen LogP contribution < -0.4 is 5.32 Å². The molecule has 1 aliphatic carbocycles.